The number of nitrogens with zero attached hydrogens (tertiary/aromatic N) is 1. The van der Waals surface area contributed by atoms with Gasteiger partial charge in [0.1, 0.15) is 5.56 Å². The maximum Gasteiger partial charge on any atom is 0.342 e. The summed E-state index contributed by atoms with van der Waals surface area (Å²) in [5, 5.41) is 23.1. The van der Waals surface area contributed by atoms with Crippen LogP contribution in [-0.4, -0.2) is 21.5 Å². The first kappa shape index (κ1) is 13.3. The highest BCUT2D eigenvalue weighted by Crippen LogP contribution is 2.34. The summed E-state index contributed by atoms with van der Waals surface area (Å²) < 4.78 is 0. The van der Waals surface area contributed by atoms with Crippen molar-refractivity contribution < 1.29 is 14.8 Å². The zero-order chi connectivity index (χ0) is 14.0. The summed E-state index contributed by atoms with van der Waals surface area (Å²) in [7, 11) is 0. The number of carboxylic acid groups (broad SMARTS) is 1. The molecule has 0 bridgehead atoms. The minimum absolute atomic E-state index is 0.0569. The highest BCUT2D eigenvalue weighted by molar-refractivity contribution is 5.93. The molecule has 6 nitrogen and oxygen atoms in total. The fourth-order valence-corrected chi connectivity index (χ4v) is 2.57. The Morgan fingerprint density at radius 1 is 1.42 bits per heavy atom. The maximum atomic E-state index is 10.9. The summed E-state index contributed by atoms with van der Waals surface area (Å²) in [4.78, 5) is 21.2. The SMILES string of the molecule is CC1(Nc2ccc(C(=O)O)c([N+](=O)[O-])c2)CCCC1. The summed E-state index contributed by atoms with van der Waals surface area (Å²) in [5.74, 6) is -1.29. The number of nitro groups is 1. The van der Waals surface area contributed by atoms with E-state index in [1.165, 1.54) is 12.1 Å². The Morgan fingerprint density at radius 3 is 2.58 bits per heavy atom. The molecule has 1 aliphatic rings. The Balaban J connectivity index is 2.30. The lowest BCUT2D eigenvalue weighted by Gasteiger charge is -2.26. The second-order valence-electron chi connectivity index (χ2n) is 5.19. The minimum Gasteiger partial charge on any atom is -0.477 e. The molecular formula is C13H16N2O4. The van der Waals surface area contributed by atoms with Gasteiger partial charge in [-0.15, -0.1) is 0 Å². The van der Waals surface area contributed by atoms with Gasteiger partial charge in [0.25, 0.3) is 5.69 Å². The molecule has 0 amide bonds. The predicted molar refractivity (Wildman–Crippen MR) is 70.6 cm³/mol. The molecule has 0 heterocycles. The van der Waals surface area contributed by atoms with Crippen LogP contribution in [0.15, 0.2) is 18.2 Å². The van der Waals surface area contributed by atoms with Crippen LogP contribution in [0, 0.1) is 10.1 Å². The number of hydrogen-bond acceptors (Lipinski definition) is 4. The van der Waals surface area contributed by atoms with E-state index < -0.39 is 10.9 Å². The zero-order valence-electron chi connectivity index (χ0n) is 10.7. The Morgan fingerprint density at radius 2 is 2.05 bits per heavy atom. The summed E-state index contributed by atoms with van der Waals surface area (Å²) in [6, 6.07) is 4.16. The van der Waals surface area contributed by atoms with E-state index in [1.54, 1.807) is 6.07 Å². The first-order valence-corrected chi connectivity index (χ1v) is 6.21. The number of carbonyl (C=O) groups is 1. The second-order valence-corrected chi connectivity index (χ2v) is 5.19. The molecule has 102 valence electrons. The lowest BCUT2D eigenvalue weighted by Crippen LogP contribution is -2.30. The molecule has 0 radical (unpaired) electrons. The van der Waals surface area contributed by atoms with Gasteiger partial charge in [0.2, 0.25) is 0 Å². The Hall–Kier alpha value is -2.11. The Labute approximate surface area is 110 Å². The maximum absolute atomic E-state index is 10.9. The van der Waals surface area contributed by atoms with Crippen molar-refractivity contribution in [2.75, 3.05) is 5.32 Å². The van der Waals surface area contributed by atoms with E-state index >= 15 is 0 Å². The fraction of sp³-hybridized carbons (Fsp3) is 0.462. The number of anilines is 1. The lowest BCUT2D eigenvalue weighted by molar-refractivity contribution is -0.385. The van der Waals surface area contributed by atoms with E-state index in [0.717, 1.165) is 25.7 Å². The third-order valence-corrected chi connectivity index (χ3v) is 3.58. The van der Waals surface area contributed by atoms with E-state index in [2.05, 4.69) is 12.2 Å². The van der Waals surface area contributed by atoms with E-state index in [9.17, 15) is 14.9 Å². The van der Waals surface area contributed by atoms with Crippen LogP contribution in [0.4, 0.5) is 11.4 Å². The molecule has 6 heteroatoms. The zero-order valence-corrected chi connectivity index (χ0v) is 10.7. The smallest absolute Gasteiger partial charge is 0.342 e. The molecule has 1 aromatic rings. The molecule has 0 spiro atoms. The molecule has 1 saturated carbocycles. The number of hydrogen-bond donors (Lipinski definition) is 2. The third-order valence-electron chi connectivity index (χ3n) is 3.58. The normalized spacial score (nSPS) is 17.1. The third kappa shape index (κ3) is 2.83. The highest BCUT2D eigenvalue weighted by atomic mass is 16.6. The number of rotatable bonds is 4. The van der Waals surface area contributed by atoms with Crippen molar-refractivity contribution in [1.29, 1.82) is 0 Å². The van der Waals surface area contributed by atoms with Crippen LogP contribution < -0.4 is 5.32 Å². The Bertz CT molecular complexity index is 521. The number of aromatic carboxylic acids is 1. The quantitative estimate of drug-likeness (QED) is 0.644. The largest absolute Gasteiger partial charge is 0.477 e. The molecular weight excluding hydrogens is 248 g/mol. The van der Waals surface area contributed by atoms with Gasteiger partial charge in [-0.2, -0.15) is 0 Å². The van der Waals surface area contributed by atoms with Gasteiger partial charge in [0.15, 0.2) is 0 Å². The average Bonchev–Trinajstić information content (AvgIpc) is 2.75. The van der Waals surface area contributed by atoms with E-state index in [1.807, 2.05) is 0 Å². The first-order chi connectivity index (χ1) is 8.91. The molecule has 1 aliphatic carbocycles. The van der Waals surface area contributed by atoms with Gasteiger partial charge in [0, 0.05) is 17.3 Å². The number of benzene rings is 1. The molecule has 0 saturated heterocycles. The van der Waals surface area contributed by atoms with E-state index in [4.69, 9.17) is 5.11 Å². The van der Waals surface area contributed by atoms with Gasteiger partial charge >= 0.3 is 5.97 Å². The molecule has 0 atom stereocenters. The Kier molecular flexibility index (Phi) is 3.42. The number of carboxylic acids is 1. The van der Waals surface area contributed by atoms with E-state index in [0.29, 0.717) is 5.69 Å². The minimum atomic E-state index is -1.29. The lowest BCUT2D eigenvalue weighted by atomic mass is 10.00. The standard InChI is InChI=1S/C13H16N2O4/c1-13(6-2-3-7-13)14-9-4-5-10(12(16)17)11(8-9)15(18)19/h4-5,8,14H,2-3,6-7H2,1H3,(H,16,17). The molecule has 1 aromatic carbocycles. The van der Waals surface area contributed by atoms with Crippen LogP contribution >= 0.6 is 0 Å². The summed E-state index contributed by atoms with van der Waals surface area (Å²) in [6.07, 6.45) is 4.31. The molecule has 2 rings (SSSR count). The van der Waals surface area contributed by atoms with Crippen molar-refractivity contribution in [1.82, 2.24) is 0 Å². The fourth-order valence-electron chi connectivity index (χ4n) is 2.57. The monoisotopic (exact) mass is 264 g/mol. The number of nitrogens with one attached hydrogen (secondary N) is 1. The molecule has 1 fully saturated rings. The summed E-state index contributed by atoms with van der Waals surface area (Å²) >= 11 is 0. The van der Waals surface area contributed by atoms with Gasteiger partial charge in [-0.1, -0.05) is 12.8 Å². The van der Waals surface area contributed by atoms with Crippen molar-refractivity contribution in [3.63, 3.8) is 0 Å². The molecule has 0 aliphatic heterocycles. The molecule has 19 heavy (non-hydrogen) atoms. The average molecular weight is 264 g/mol. The molecule has 0 unspecified atom stereocenters. The van der Waals surface area contributed by atoms with Crippen LogP contribution in [0.2, 0.25) is 0 Å². The summed E-state index contributed by atoms with van der Waals surface area (Å²) in [5.41, 5.74) is -0.120. The van der Waals surface area contributed by atoms with Gasteiger partial charge < -0.3 is 10.4 Å². The van der Waals surface area contributed by atoms with E-state index in [-0.39, 0.29) is 16.8 Å². The number of nitro benzene ring substituents is 1. The van der Waals surface area contributed by atoms with Crippen LogP contribution in [0.1, 0.15) is 43.0 Å². The van der Waals surface area contributed by atoms with Gasteiger partial charge in [-0.05, 0) is 31.9 Å². The van der Waals surface area contributed by atoms with Crippen molar-refractivity contribution in [3.8, 4) is 0 Å². The van der Waals surface area contributed by atoms with Crippen LogP contribution in [0.25, 0.3) is 0 Å². The topological polar surface area (TPSA) is 92.5 Å². The second kappa shape index (κ2) is 4.87. The summed E-state index contributed by atoms with van der Waals surface area (Å²) in [6.45, 7) is 2.08. The van der Waals surface area contributed by atoms with Gasteiger partial charge in [0.05, 0.1) is 4.92 Å². The van der Waals surface area contributed by atoms with Crippen molar-refractivity contribution in [3.05, 3.63) is 33.9 Å². The highest BCUT2D eigenvalue weighted by Gasteiger charge is 2.29. The van der Waals surface area contributed by atoms with Gasteiger partial charge in [-0.25, -0.2) is 4.79 Å². The van der Waals surface area contributed by atoms with Crippen molar-refractivity contribution in [2.45, 2.75) is 38.1 Å². The predicted octanol–water partition coefficient (Wildman–Crippen LogP) is 3.04. The molecule has 0 aromatic heterocycles. The van der Waals surface area contributed by atoms with Crippen LogP contribution in [0.3, 0.4) is 0 Å². The van der Waals surface area contributed by atoms with Crippen molar-refractivity contribution in [2.24, 2.45) is 0 Å². The van der Waals surface area contributed by atoms with Crippen molar-refractivity contribution >= 4 is 17.3 Å². The van der Waals surface area contributed by atoms with Crippen LogP contribution in [0.5, 0.6) is 0 Å². The molecule has 2 N–H and O–H groups in total. The first-order valence-electron chi connectivity index (χ1n) is 6.21. The van der Waals surface area contributed by atoms with Crippen LogP contribution in [-0.2, 0) is 0 Å². The van der Waals surface area contributed by atoms with Gasteiger partial charge in [-0.3, -0.25) is 10.1 Å².